The summed E-state index contributed by atoms with van der Waals surface area (Å²) in [6.45, 7) is 8.10. The quantitative estimate of drug-likeness (QED) is 0.447. The maximum Gasteiger partial charge on any atom is 0.194 e. The SMILES string of the molecule is CCNC(=NCCCCn1cnnc1)N1CCOC(C2CCCO2)C1. The van der Waals surface area contributed by atoms with Crippen LogP contribution >= 0.6 is 0 Å². The van der Waals surface area contributed by atoms with Gasteiger partial charge in [-0.05, 0) is 32.6 Å². The molecule has 140 valence electrons. The van der Waals surface area contributed by atoms with Crippen LogP contribution in [0.3, 0.4) is 0 Å². The van der Waals surface area contributed by atoms with Crippen LogP contribution in [0.5, 0.6) is 0 Å². The van der Waals surface area contributed by atoms with Gasteiger partial charge in [0.1, 0.15) is 18.8 Å². The van der Waals surface area contributed by atoms with Crippen LogP contribution in [0.25, 0.3) is 0 Å². The molecule has 3 rings (SSSR count). The van der Waals surface area contributed by atoms with Gasteiger partial charge in [-0.2, -0.15) is 0 Å². The van der Waals surface area contributed by atoms with Gasteiger partial charge >= 0.3 is 0 Å². The molecule has 3 heterocycles. The van der Waals surface area contributed by atoms with Gasteiger partial charge in [0.05, 0.1) is 12.7 Å². The van der Waals surface area contributed by atoms with Crippen LogP contribution in [0.1, 0.15) is 32.6 Å². The summed E-state index contributed by atoms with van der Waals surface area (Å²) in [5, 5.41) is 11.1. The van der Waals surface area contributed by atoms with Crippen molar-refractivity contribution in [3.8, 4) is 0 Å². The van der Waals surface area contributed by atoms with Gasteiger partial charge in [-0.3, -0.25) is 4.99 Å². The molecular weight excluding hydrogens is 320 g/mol. The molecule has 2 aliphatic rings. The lowest BCUT2D eigenvalue weighted by Crippen LogP contribution is -2.53. The molecule has 1 aromatic rings. The summed E-state index contributed by atoms with van der Waals surface area (Å²) >= 11 is 0. The molecular formula is C17H30N6O2. The number of rotatable bonds is 7. The number of nitrogens with zero attached hydrogens (tertiary/aromatic N) is 5. The Morgan fingerprint density at radius 2 is 2.04 bits per heavy atom. The minimum absolute atomic E-state index is 0.161. The van der Waals surface area contributed by atoms with Crippen molar-refractivity contribution in [3.05, 3.63) is 12.7 Å². The fourth-order valence-electron chi connectivity index (χ4n) is 3.34. The van der Waals surface area contributed by atoms with Crippen LogP contribution in [-0.2, 0) is 16.0 Å². The van der Waals surface area contributed by atoms with Crippen molar-refractivity contribution in [2.75, 3.05) is 39.4 Å². The summed E-state index contributed by atoms with van der Waals surface area (Å²) in [4.78, 5) is 7.13. The maximum absolute atomic E-state index is 5.94. The van der Waals surface area contributed by atoms with Crippen molar-refractivity contribution in [3.63, 3.8) is 0 Å². The number of unbranched alkanes of at least 4 members (excludes halogenated alkanes) is 1. The number of ether oxygens (including phenoxy) is 2. The molecule has 0 aromatic carbocycles. The zero-order chi connectivity index (χ0) is 17.3. The lowest BCUT2D eigenvalue weighted by Gasteiger charge is -2.37. The van der Waals surface area contributed by atoms with Crippen LogP contribution in [0.4, 0.5) is 0 Å². The van der Waals surface area contributed by atoms with Gasteiger partial charge in [0.15, 0.2) is 5.96 Å². The highest BCUT2D eigenvalue weighted by molar-refractivity contribution is 5.80. The highest BCUT2D eigenvalue weighted by Gasteiger charge is 2.32. The maximum atomic E-state index is 5.94. The zero-order valence-corrected chi connectivity index (χ0v) is 15.1. The Hall–Kier alpha value is -1.67. The van der Waals surface area contributed by atoms with Crippen LogP contribution in [0.2, 0.25) is 0 Å². The van der Waals surface area contributed by atoms with E-state index < -0.39 is 0 Å². The van der Waals surface area contributed by atoms with E-state index in [4.69, 9.17) is 14.5 Å². The van der Waals surface area contributed by atoms with Crippen LogP contribution in [0, 0.1) is 0 Å². The minimum Gasteiger partial charge on any atom is -0.375 e. The van der Waals surface area contributed by atoms with Crippen molar-refractivity contribution < 1.29 is 9.47 Å². The van der Waals surface area contributed by atoms with Gasteiger partial charge in [0.25, 0.3) is 0 Å². The van der Waals surface area contributed by atoms with Gasteiger partial charge in [-0.1, -0.05) is 0 Å². The van der Waals surface area contributed by atoms with Crippen molar-refractivity contribution in [1.29, 1.82) is 0 Å². The molecule has 8 heteroatoms. The fourth-order valence-corrected chi connectivity index (χ4v) is 3.34. The van der Waals surface area contributed by atoms with Gasteiger partial charge < -0.3 is 24.3 Å². The second-order valence-electron chi connectivity index (χ2n) is 6.55. The molecule has 2 aliphatic heterocycles. The van der Waals surface area contributed by atoms with E-state index in [9.17, 15) is 0 Å². The number of aryl methyl sites for hydroxylation is 1. The molecule has 8 nitrogen and oxygen atoms in total. The number of nitrogens with one attached hydrogen (secondary N) is 1. The Morgan fingerprint density at radius 3 is 2.80 bits per heavy atom. The highest BCUT2D eigenvalue weighted by atomic mass is 16.5. The Balaban J connectivity index is 1.46. The summed E-state index contributed by atoms with van der Waals surface area (Å²) in [7, 11) is 0. The number of aromatic nitrogens is 3. The first kappa shape index (κ1) is 18.1. The van der Waals surface area contributed by atoms with Gasteiger partial charge in [-0.25, -0.2) is 0 Å². The van der Waals surface area contributed by atoms with Crippen molar-refractivity contribution in [1.82, 2.24) is 25.0 Å². The predicted octanol–water partition coefficient (Wildman–Crippen LogP) is 0.904. The first-order valence-corrected chi connectivity index (χ1v) is 9.45. The normalized spacial score (nSPS) is 24.7. The number of aliphatic imine (C=N–C) groups is 1. The fraction of sp³-hybridized carbons (Fsp3) is 0.824. The largest absolute Gasteiger partial charge is 0.375 e. The van der Waals surface area contributed by atoms with Crippen molar-refractivity contribution in [2.24, 2.45) is 4.99 Å². The minimum atomic E-state index is 0.161. The molecule has 0 spiro atoms. The Kier molecular flexibility index (Phi) is 7.05. The standard InChI is InChI=1S/C17H30N6O2/c1-2-18-17(19-7-3-4-8-22-13-20-21-14-22)23-9-11-25-16(12-23)15-6-5-10-24-15/h13-16H,2-12H2,1H3,(H,18,19). The second kappa shape index (κ2) is 9.72. The first-order chi connectivity index (χ1) is 12.4. The van der Waals surface area contributed by atoms with Crippen LogP contribution in [0.15, 0.2) is 17.6 Å². The molecule has 25 heavy (non-hydrogen) atoms. The summed E-state index contributed by atoms with van der Waals surface area (Å²) in [6, 6.07) is 0. The third-order valence-electron chi connectivity index (χ3n) is 4.66. The van der Waals surface area contributed by atoms with E-state index in [1.165, 1.54) is 0 Å². The Morgan fingerprint density at radius 1 is 1.20 bits per heavy atom. The second-order valence-corrected chi connectivity index (χ2v) is 6.55. The number of morpholine rings is 1. The number of hydrogen-bond acceptors (Lipinski definition) is 5. The molecule has 2 unspecified atom stereocenters. The molecule has 1 aromatic heterocycles. The van der Waals surface area contributed by atoms with E-state index in [1.54, 1.807) is 12.7 Å². The molecule has 0 saturated carbocycles. The lowest BCUT2D eigenvalue weighted by atomic mass is 10.1. The van der Waals surface area contributed by atoms with E-state index in [2.05, 4.69) is 27.3 Å². The average molecular weight is 350 g/mol. The Bertz CT molecular complexity index is 515. The monoisotopic (exact) mass is 350 g/mol. The highest BCUT2D eigenvalue weighted by Crippen LogP contribution is 2.21. The first-order valence-electron chi connectivity index (χ1n) is 9.45. The zero-order valence-electron chi connectivity index (χ0n) is 15.1. The van der Waals surface area contributed by atoms with E-state index in [1.807, 2.05) is 4.57 Å². The van der Waals surface area contributed by atoms with E-state index >= 15 is 0 Å². The molecule has 2 fully saturated rings. The molecule has 2 saturated heterocycles. The third-order valence-corrected chi connectivity index (χ3v) is 4.66. The van der Waals surface area contributed by atoms with Crippen molar-refractivity contribution in [2.45, 2.75) is 51.4 Å². The topological polar surface area (TPSA) is 76.8 Å². The van der Waals surface area contributed by atoms with Crippen LogP contribution in [-0.4, -0.2) is 77.2 Å². The predicted molar refractivity (Wildman–Crippen MR) is 95.5 cm³/mol. The third kappa shape index (κ3) is 5.40. The van der Waals surface area contributed by atoms with E-state index in [0.717, 1.165) is 77.6 Å². The van der Waals surface area contributed by atoms with Gasteiger partial charge in [0.2, 0.25) is 0 Å². The molecule has 1 N–H and O–H groups in total. The smallest absolute Gasteiger partial charge is 0.194 e. The molecule has 0 aliphatic carbocycles. The van der Waals surface area contributed by atoms with Crippen molar-refractivity contribution >= 4 is 5.96 Å². The number of hydrogen-bond donors (Lipinski definition) is 1. The summed E-state index contributed by atoms with van der Waals surface area (Å²) < 4.78 is 13.7. The summed E-state index contributed by atoms with van der Waals surface area (Å²) in [5.74, 6) is 0.998. The van der Waals surface area contributed by atoms with Crippen LogP contribution < -0.4 is 5.32 Å². The molecule has 0 radical (unpaired) electrons. The molecule has 0 amide bonds. The molecule has 2 atom stereocenters. The van der Waals surface area contributed by atoms with Gasteiger partial charge in [0, 0.05) is 39.3 Å². The Labute approximate surface area is 149 Å². The summed E-state index contributed by atoms with van der Waals surface area (Å²) in [6.07, 6.45) is 8.29. The average Bonchev–Trinajstić information content (AvgIpc) is 3.34. The number of guanidine groups is 1. The van der Waals surface area contributed by atoms with E-state index in [0.29, 0.717) is 0 Å². The van der Waals surface area contributed by atoms with E-state index in [-0.39, 0.29) is 12.2 Å². The lowest BCUT2D eigenvalue weighted by molar-refractivity contribution is -0.0817. The molecule has 0 bridgehead atoms. The van der Waals surface area contributed by atoms with Gasteiger partial charge in [-0.15, -0.1) is 10.2 Å². The summed E-state index contributed by atoms with van der Waals surface area (Å²) in [5.41, 5.74) is 0.